The maximum atomic E-state index is 10.9. The van der Waals surface area contributed by atoms with E-state index in [0.717, 1.165) is 19.5 Å². The number of amides is 1. The Hall–Kier alpha value is -6.15. The van der Waals surface area contributed by atoms with Crippen LogP contribution in [0, 0.1) is 20.2 Å². The second-order valence-corrected chi connectivity index (χ2v) is 9.07. The Morgan fingerprint density at radius 3 is 1.51 bits per heavy atom. The van der Waals surface area contributed by atoms with Gasteiger partial charge < -0.3 is 25.3 Å². The number of nitrogens with zero attached hydrogens (tertiary/aromatic N) is 2. The van der Waals surface area contributed by atoms with E-state index in [1.807, 2.05) is 0 Å². The highest BCUT2D eigenvalue weighted by Gasteiger charge is 2.15. The molecule has 0 bridgehead atoms. The van der Waals surface area contributed by atoms with Gasteiger partial charge in [0.05, 0.1) is 22.0 Å². The Morgan fingerprint density at radius 1 is 0.667 bits per heavy atom. The van der Waals surface area contributed by atoms with Crippen LogP contribution in [0.5, 0.6) is 23.0 Å². The molecule has 5 rings (SSSR count). The van der Waals surface area contributed by atoms with Crippen molar-refractivity contribution in [2.45, 2.75) is 12.8 Å². The SMILES string of the molecule is C1CCOC1.Nc1ccc(Oc2ccc(C=O)cc2)cc1[N+](=O)[O-].O=CNc1ccc(Oc2ccc(C=O)cc2)cc1[N+](=O)[O-]. The average molecular weight is 617 g/mol. The predicted molar refractivity (Wildman–Crippen MR) is 164 cm³/mol. The molecule has 0 radical (unpaired) electrons. The molecule has 1 fully saturated rings. The topological polar surface area (TPSA) is 203 Å². The minimum atomic E-state index is -0.617. The van der Waals surface area contributed by atoms with Crippen LogP contribution >= 0.6 is 0 Å². The van der Waals surface area contributed by atoms with Gasteiger partial charge in [-0.15, -0.1) is 0 Å². The number of nitrogens with two attached hydrogens (primary N) is 1. The van der Waals surface area contributed by atoms with Gasteiger partial charge in [-0.3, -0.25) is 34.6 Å². The summed E-state index contributed by atoms with van der Waals surface area (Å²) in [6.07, 6.45) is 4.34. The van der Waals surface area contributed by atoms with Crippen LogP contribution in [0.15, 0.2) is 84.9 Å². The molecule has 1 saturated heterocycles. The Morgan fingerprint density at radius 2 is 1.11 bits per heavy atom. The van der Waals surface area contributed by atoms with E-state index in [1.165, 1.54) is 49.2 Å². The zero-order valence-electron chi connectivity index (χ0n) is 23.7. The molecule has 0 atom stereocenters. The molecule has 4 aromatic carbocycles. The minimum absolute atomic E-state index is 0.0775. The van der Waals surface area contributed by atoms with Crippen LogP contribution in [0.3, 0.4) is 0 Å². The summed E-state index contributed by atoms with van der Waals surface area (Å²) >= 11 is 0. The van der Waals surface area contributed by atoms with Crippen molar-refractivity contribution in [3.63, 3.8) is 0 Å². The van der Waals surface area contributed by atoms with E-state index in [-0.39, 0.29) is 28.5 Å². The van der Waals surface area contributed by atoms with E-state index in [9.17, 15) is 34.6 Å². The van der Waals surface area contributed by atoms with Gasteiger partial charge in [0.2, 0.25) is 6.41 Å². The van der Waals surface area contributed by atoms with Gasteiger partial charge in [0.1, 0.15) is 46.9 Å². The number of nitrogen functional groups attached to an aromatic ring is 1. The lowest BCUT2D eigenvalue weighted by molar-refractivity contribution is -0.384. The van der Waals surface area contributed by atoms with Gasteiger partial charge in [-0.05, 0) is 85.6 Å². The maximum Gasteiger partial charge on any atom is 0.296 e. The molecule has 1 heterocycles. The summed E-state index contributed by atoms with van der Waals surface area (Å²) in [4.78, 5) is 51.9. The number of hydrogen-bond acceptors (Lipinski definition) is 11. The largest absolute Gasteiger partial charge is 0.457 e. The van der Waals surface area contributed by atoms with E-state index >= 15 is 0 Å². The number of benzene rings is 4. The molecule has 0 aromatic heterocycles. The highest BCUT2D eigenvalue weighted by molar-refractivity contribution is 5.78. The van der Waals surface area contributed by atoms with Crippen LogP contribution in [0.25, 0.3) is 0 Å². The quantitative estimate of drug-likeness (QED) is 0.0869. The third kappa shape index (κ3) is 10.6. The Balaban J connectivity index is 0.000000213. The number of ether oxygens (including phenoxy) is 3. The summed E-state index contributed by atoms with van der Waals surface area (Å²) in [5, 5.41) is 23.9. The molecule has 0 unspecified atom stereocenters. The molecule has 14 heteroatoms. The summed E-state index contributed by atoms with van der Waals surface area (Å²) in [5.41, 5.74) is 6.19. The first kappa shape index (κ1) is 33.4. The normalized spacial score (nSPS) is 11.4. The molecule has 45 heavy (non-hydrogen) atoms. The first-order valence-corrected chi connectivity index (χ1v) is 13.3. The van der Waals surface area contributed by atoms with Crippen LogP contribution < -0.4 is 20.5 Å². The monoisotopic (exact) mass is 616 g/mol. The number of nitro groups is 2. The van der Waals surface area contributed by atoms with Crippen LogP contribution in [-0.2, 0) is 9.53 Å². The summed E-state index contributed by atoms with van der Waals surface area (Å²) in [7, 11) is 0. The number of hydrogen-bond donors (Lipinski definition) is 2. The van der Waals surface area contributed by atoms with E-state index in [2.05, 4.69) is 5.32 Å². The standard InChI is InChI=1S/C14H10N2O5.C13H10N2O4.C4H8O/c17-8-10-1-3-11(4-2-10)21-12-5-6-13(15-9-18)14(7-12)16(19)20;14-12-6-5-11(7-13(12)15(17)18)19-10-3-1-9(8-16)2-4-10;1-2-4-5-3-1/h1-9H,(H,15,18);1-8H,14H2;1-4H2. The molecule has 1 aliphatic heterocycles. The summed E-state index contributed by atoms with van der Waals surface area (Å²) in [5.74, 6) is 1.47. The van der Waals surface area contributed by atoms with Crippen molar-refractivity contribution in [2.24, 2.45) is 0 Å². The summed E-state index contributed by atoms with van der Waals surface area (Å²) in [6, 6.07) is 21.0. The average Bonchev–Trinajstić information content (AvgIpc) is 3.64. The predicted octanol–water partition coefficient (Wildman–Crippen LogP) is 6.35. The van der Waals surface area contributed by atoms with Gasteiger partial charge in [-0.25, -0.2) is 0 Å². The van der Waals surface area contributed by atoms with Crippen molar-refractivity contribution < 1.29 is 38.4 Å². The number of anilines is 2. The van der Waals surface area contributed by atoms with E-state index < -0.39 is 9.85 Å². The molecule has 1 aliphatic rings. The fraction of sp³-hybridized carbons (Fsp3) is 0.129. The Kier molecular flexibility index (Phi) is 12.7. The van der Waals surface area contributed by atoms with E-state index in [0.29, 0.717) is 41.1 Å². The van der Waals surface area contributed by atoms with Crippen molar-refractivity contribution >= 4 is 41.7 Å². The van der Waals surface area contributed by atoms with E-state index in [4.69, 9.17) is 19.9 Å². The molecule has 1 amide bonds. The number of carbonyl (C=O) groups excluding carboxylic acids is 3. The zero-order chi connectivity index (χ0) is 32.6. The number of nitro benzene ring substituents is 2. The van der Waals surface area contributed by atoms with Crippen molar-refractivity contribution in [3.05, 3.63) is 116 Å². The second kappa shape index (κ2) is 17.1. The fourth-order valence-electron chi connectivity index (χ4n) is 3.67. The Labute approximate surface area is 256 Å². The molecule has 3 N–H and O–H groups in total. The van der Waals surface area contributed by atoms with Gasteiger partial charge in [0.25, 0.3) is 11.4 Å². The number of rotatable bonds is 10. The lowest BCUT2D eigenvalue weighted by Crippen LogP contribution is -1.99. The minimum Gasteiger partial charge on any atom is -0.457 e. The molecular formula is C31H28N4O10. The van der Waals surface area contributed by atoms with Crippen molar-refractivity contribution in [1.29, 1.82) is 0 Å². The van der Waals surface area contributed by atoms with Crippen molar-refractivity contribution in [2.75, 3.05) is 24.3 Å². The number of nitrogens with one attached hydrogen (secondary N) is 1. The maximum absolute atomic E-state index is 10.9. The van der Waals surface area contributed by atoms with Crippen LogP contribution in [0.4, 0.5) is 22.7 Å². The van der Waals surface area contributed by atoms with Crippen molar-refractivity contribution in [1.82, 2.24) is 0 Å². The zero-order valence-corrected chi connectivity index (χ0v) is 23.7. The second-order valence-electron chi connectivity index (χ2n) is 9.07. The number of aldehydes is 2. The fourth-order valence-corrected chi connectivity index (χ4v) is 3.67. The van der Waals surface area contributed by atoms with Gasteiger partial charge in [0, 0.05) is 24.3 Å². The molecule has 4 aromatic rings. The van der Waals surface area contributed by atoms with Gasteiger partial charge in [-0.1, -0.05) is 0 Å². The number of carbonyl (C=O) groups is 3. The lowest BCUT2D eigenvalue weighted by atomic mass is 10.2. The summed E-state index contributed by atoms with van der Waals surface area (Å²) in [6.45, 7) is 2.00. The van der Waals surface area contributed by atoms with Gasteiger partial charge in [-0.2, -0.15) is 0 Å². The first-order valence-electron chi connectivity index (χ1n) is 13.3. The smallest absolute Gasteiger partial charge is 0.296 e. The van der Waals surface area contributed by atoms with Crippen LogP contribution in [0.2, 0.25) is 0 Å². The van der Waals surface area contributed by atoms with Crippen LogP contribution in [0.1, 0.15) is 33.6 Å². The molecule has 0 spiro atoms. The van der Waals surface area contributed by atoms with E-state index in [1.54, 1.807) is 48.5 Å². The van der Waals surface area contributed by atoms with Gasteiger partial charge in [0.15, 0.2) is 0 Å². The first-order chi connectivity index (χ1) is 21.7. The molecular weight excluding hydrogens is 588 g/mol. The van der Waals surface area contributed by atoms with Crippen molar-refractivity contribution in [3.8, 4) is 23.0 Å². The highest BCUT2D eigenvalue weighted by Crippen LogP contribution is 2.32. The molecule has 232 valence electrons. The Bertz CT molecular complexity index is 1620. The highest BCUT2D eigenvalue weighted by atomic mass is 16.6. The van der Waals surface area contributed by atoms with Gasteiger partial charge >= 0.3 is 0 Å². The molecule has 0 saturated carbocycles. The van der Waals surface area contributed by atoms with Crippen LogP contribution in [-0.4, -0.2) is 42.0 Å². The third-order valence-electron chi connectivity index (χ3n) is 5.91. The lowest BCUT2D eigenvalue weighted by Gasteiger charge is -2.07. The molecule has 14 nitrogen and oxygen atoms in total. The third-order valence-corrected chi connectivity index (χ3v) is 5.91. The summed E-state index contributed by atoms with van der Waals surface area (Å²) < 4.78 is 15.9. The molecule has 0 aliphatic carbocycles.